The third-order valence-electron chi connectivity index (χ3n) is 4.05. The summed E-state index contributed by atoms with van der Waals surface area (Å²) in [6.07, 6.45) is -4.92. The molecule has 6 nitrogen and oxygen atoms in total. The number of rotatable bonds is 5. The number of carbonyl (C=O) groups excluding carboxylic acids is 2. The molecule has 2 N–H and O–H groups in total. The minimum atomic E-state index is -4.69. The fraction of sp³-hybridized carbons (Fsp3) is 0.533. The van der Waals surface area contributed by atoms with Gasteiger partial charge in [-0.05, 0) is 11.4 Å². The lowest BCUT2D eigenvalue weighted by Crippen LogP contribution is -2.35. The number of carbonyl (C=O) groups is 3. The first-order chi connectivity index (χ1) is 11.6. The number of halogens is 3. The Hall–Kier alpha value is -2.10. The van der Waals surface area contributed by atoms with E-state index in [2.05, 4.69) is 5.32 Å². The van der Waals surface area contributed by atoms with Gasteiger partial charge in [-0.1, -0.05) is 6.07 Å². The second-order valence-corrected chi connectivity index (χ2v) is 6.84. The molecule has 2 heterocycles. The molecule has 0 aromatic carbocycles. The number of nitrogens with zero attached hydrogens (tertiary/aromatic N) is 1. The van der Waals surface area contributed by atoms with Crippen LogP contribution in [0.2, 0.25) is 0 Å². The minimum Gasteiger partial charge on any atom is -0.481 e. The fourth-order valence-corrected chi connectivity index (χ4v) is 3.63. The second kappa shape index (κ2) is 7.42. The van der Waals surface area contributed by atoms with Gasteiger partial charge < -0.3 is 15.3 Å². The molecule has 25 heavy (non-hydrogen) atoms. The van der Waals surface area contributed by atoms with Crippen molar-refractivity contribution in [2.75, 3.05) is 13.1 Å². The van der Waals surface area contributed by atoms with Gasteiger partial charge in [0.2, 0.25) is 11.8 Å². The molecule has 10 heteroatoms. The van der Waals surface area contributed by atoms with Gasteiger partial charge in [-0.3, -0.25) is 14.4 Å². The van der Waals surface area contributed by atoms with Crippen molar-refractivity contribution in [2.24, 2.45) is 11.8 Å². The molecule has 0 radical (unpaired) electrons. The number of alkyl halides is 3. The van der Waals surface area contributed by atoms with Crippen LogP contribution in [0.15, 0.2) is 17.5 Å². The van der Waals surface area contributed by atoms with Crippen LogP contribution in [0.1, 0.15) is 24.3 Å². The molecule has 3 atom stereocenters. The van der Waals surface area contributed by atoms with E-state index >= 15 is 0 Å². The van der Waals surface area contributed by atoms with Crippen molar-refractivity contribution in [1.82, 2.24) is 10.2 Å². The highest BCUT2D eigenvalue weighted by Crippen LogP contribution is 2.38. The Balaban J connectivity index is 2.11. The molecule has 1 aromatic rings. The van der Waals surface area contributed by atoms with Crippen LogP contribution in [0, 0.1) is 11.8 Å². The van der Waals surface area contributed by atoms with Gasteiger partial charge in [-0.15, -0.1) is 11.3 Å². The second-order valence-electron chi connectivity index (χ2n) is 5.86. The SMILES string of the molecule is CC(=O)NC(CC(=O)N1C[C@@H](C(F)(F)F)[C@H](C(=O)O)C1)c1cccs1. The van der Waals surface area contributed by atoms with Gasteiger partial charge in [-0.2, -0.15) is 13.2 Å². The first-order valence-corrected chi connectivity index (χ1v) is 8.35. The largest absolute Gasteiger partial charge is 0.481 e. The first kappa shape index (κ1) is 19.2. The van der Waals surface area contributed by atoms with Crippen molar-refractivity contribution in [3.63, 3.8) is 0 Å². The van der Waals surface area contributed by atoms with Gasteiger partial charge in [0, 0.05) is 24.9 Å². The monoisotopic (exact) mass is 378 g/mol. The van der Waals surface area contributed by atoms with E-state index in [9.17, 15) is 27.6 Å². The van der Waals surface area contributed by atoms with Gasteiger partial charge in [-0.25, -0.2) is 0 Å². The quantitative estimate of drug-likeness (QED) is 0.821. The number of thiophene rings is 1. The molecule has 0 spiro atoms. The molecule has 1 saturated heterocycles. The van der Waals surface area contributed by atoms with E-state index in [1.807, 2.05) is 0 Å². The molecular weight excluding hydrogens is 361 g/mol. The van der Waals surface area contributed by atoms with Crippen molar-refractivity contribution >= 4 is 29.1 Å². The maximum Gasteiger partial charge on any atom is 0.394 e. The summed E-state index contributed by atoms with van der Waals surface area (Å²) in [7, 11) is 0. The maximum atomic E-state index is 13.0. The van der Waals surface area contributed by atoms with E-state index in [0.717, 1.165) is 4.90 Å². The van der Waals surface area contributed by atoms with E-state index in [1.54, 1.807) is 17.5 Å². The van der Waals surface area contributed by atoms with Crippen LogP contribution in [0.25, 0.3) is 0 Å². The first-order valence-electron chi connectivity index (χ1n) is 7.47. The molecule has 1 fully saturated rings. The summed E-state index contributed by atoms with van der Waals surface area (Å²) in [5.41, 5.74) is 0. The Labute approximate surface area is 145 Å². The number of hydrogen-bond acceptors (Lipinski definition) is 4. The van der Waals surface area contributed by atoms with Crippen LogP contribution in [0.4, 0.5) is 13.2 Å². The van der Waals surface area contributed by atoms with Crippen LogP contribution in [-0.4, -0.2) is 47.1 Å². The maximum absolute atomic E-state index is 13.0. The van der Waals surface area contributed by atoms with Crippen molar-refractivity contribution in [3.8, 4) is 0 Å². The number of aliphatic carboxylic acids is 1. The highest BCUT2D eigenvalue weighted by molar-refractivity contribution is 7.10. The molecule has 0 aliphatic carbocycles. The summed E-state index contributed by atoms with van der Waals surface area (Å²) in [6.45, 7) is 0.104. The Morgan fingerprint density at radius 2 is 2.08 bits per heavy atom. The Morgan fingerprint density at radius 1 is 1.40 bits per heavy atom. The van der Waals surface area contributed by atoms with Crippen molar-refractivity contribution in [1.29, 1.82) is 0 Å². The number of amides is 2. The molecule has 0 bridgehead atoms. The zero-order chi connectivity index (χ0) is 18.8. The molecule has 1 unspecified atom stereocenters. The average molecular weight is 378 g/mol. The van der Waals surface area contributed by atoms with E-state index in [-0.39, 0.29) is 12.3 Å². The third-order valence-corrected chi connectivity index (χ3v) is 5.04. The Bertz CT molecular complexity index is 648. The average Bonchev–Trinajstić information content (AvgIpc) is 3.15. The normalized spacial score (nSPS) is 21.8. The standard InChI is InChI=1S/C15H17F3N2O4S/c1-8(21)19-11(12-3-2-4-25-12)5-13(22)20-6-9(14(23)24)10(7-20)15(16,17)18/h2-4,9-11H,5-7H2,1H3,(H,19,21)(H,23,24)/t9-,10-,11?/m1/s1. The van der Waals surface area contributed by atoms with Gasteiger partial charge in [0.1, 0.15) is 0 Å². The summed E-state index contributed by atoms with van der Waals surface area (Å²) in [6, 6.07) is 2.79. The number of carboxylic acids is 1. The molecule has 1 aromatic heterocycles. The number of carboxylic acid groups (broad SMARTS) is 1. The number of likely N-dealkylation sites (tertiary alicyclic amines) is 1. The number of hydrogen-bond donors (Lipinski definition) is 2. The van der Waals surface area contributed by atoms with Crippen molar-refractivity contribution < 1.29 is 32.7 Å². The predicted molar refractivity (Wildman–Crippen MR) is 82.7 cm³/mol. The molecule has 1 aliphatic rings. The molecule has 0 saturated carbocycles. The third kappa shape index (κ3) is 4.71. The van der Waals surface area contributed by atoms with Crippen molar-refractivity contribution in [2.45, 2.75) is 25.6 Å². The lowest BCUT2D eigenvalue weighted by Gasteiger charge is -2.21. The van der Waals surface area contributed by atoms with Gasteiger partial charge in [0.25, 0.3) is 0 Å². The smallest absolute Gasteiger partial charge is 0.394 e. The zero-order valence-electron chi connectivity index (χ0n) is 13.2. The van der Waals surface area contributed by atoms with Crippen LogP contribution < -0.4 is 5.32 Å². The zero-order valence-corrected chi connectivity index (χ0v) is 14.1. The minimum absolute atomic E-state index is 0.225. The van der Waals surface area contributed by atoms with Gasteiger partial charge >= 0.3 is 12.1 Å². The Morgan fingerprint density at radius 3 is 2.52 bits per heavy atom. The molecule has 1 aliphatic heterocycles. The molecule has 2 amide bonds. The van der Waals surface area contributed by atoms with Crippen LogP contribution in [0.5, 0.6) is 0 Å². The van der Waals surface area contributed by atoms with Crippen LogP contribution in [0.3, 0.4) is 0 Å². The molecular formula is C15H17F3N2O4S. The predicted octanol–water partition coefficient (Wildman–Crippen LogP) is 2.04. The van der Waals surface area contributed by atoms with E-state index in [0.29, 0.717) is 4.88 Å². The van der Waals surface area contributed by atoms with Crippen LogP contribution >= 0.6 is 11.3 Å². The molecule has 138 valence electrons. The number of nitrogens with one attached hydrogen (secondary N) is 1. The summed E-state index contributed by atoms with van der Waals surface area (Å²) in [5.74, 6) is -6.33. The van der Waals surface area contributed by atoms with E-state index in [1.165, 1.54) is 18.3 Å². The Kier molecular flexibility index (Phi) is 5.71. The highest BCUT2D eigenvalue weighted by atomic mass is 32.1. The van der Waals surface area contributed by atoms with Crippen molar-refractivity contribution in [3.05, 3.63) is 22.4 Å². The summed E-state index contributed by atoms with van der Waals surface area (Å²) >= 11 is 1.31. The summed E-state index contributed by atoms with van der Waals surface area (Å²) in [5, 5.41) is 13.4. The fourth-order valence-electron chi connectivity index (χ4n) is 2.85. The van der Waals surface area contributed by atoms with Gasteiger partial charge in [0.15, 0.2) is 0 Å². The summed E-state index contributed by atoms with van der Waals surface area (Å²) in [4.78, 5) is 36.4. The topological polar surface area (TPSA) is 86.7 Å². The molecule has 2 rings (SSSR count). The lowest BCUT2D eigenvalue weighted by atomic mass is 9.96. The highest BCUT2D eigenvalue weighted by Gasteiger charge is 2.53. The van der Waals surface area contributed by atoms with Gasteiger partial charge in [0.05, 0.1) is 24.3 Å². The van der Waals surface area contributed by atoms with Crippen LogP contribution in [-0.2, 0) is 14.4 Å². The van der Waals surface area contributed by atoms with E-state index in [4.69, 9.17) is 5.11 Å². The summed E-state index contributed by atoms with van der Waals surface area (Å²) < 4.78 is 39.0. The lowest BCUT2D eigenvalue weighted by molar-refractivity contribution is -0.188. The van der Waals surface area contributed by atoms with E-state index < -0.39 is 49.0 Å².